The number of hydrogen-bond donors (Lipinski definition) is 0. The summed E-state index contributed by atoms with van der Waals surface area (Å²) in [6.45, 7) is 5.85. The summed E-state index contributed by atoms with van der Waals surface area (Å²) in [5, 5.41) is 0. The minimum absolute atomic E-state index is 0.0810. The molecule has 1 unspecified atom stereocenters. The van der Waals surface area contributed by atoms with E-state index in [1.807, 2.05) is 0 Å². The van der Waals surface area contributed by atoms with Crippen LogP contribution in [0.3, 0.4) is 0 Å². The standard InChI is InChI=1S/C9H15BO2/c1-3-9-5-11-4-7(6(9)2)8(10)12-9/h6-8H,3-5H2,1-2H3/t6?,7-,8-,9-/m1/s1. The van der Waals surface area contributed by atoms with Gasteiger partial charge in [0.2, 0.25) is 0 Å². The molecule has 0 aromatic heterocycles. The average molecular weight is 166 g/mol. The maximum absolute atomic E-state index is 5.87. The van der Waals surface area contributed by atoms with Crippen LogP contribution in [0.15, 0.2) is 0 Å². The van der Waals surface area contributed by atoms with Crippen molar-refractivity contribution < 1.29 is 9.47 Å². The van der Waals surface area contributed by atoms with E-state index < -0.39 is 0 Å². The van der Waals surface area contributed by atoms with Crippen LogP contribution in [0.1, 0.15) is 20.3 Å². The normalized spacial score (nSPS) is 52.7. The van der Waals surface area contributed by atoms with E-state index in [1.165, 1.54) is 0 Å². The molecule has 0 aliphatic carbocycles. The Balaban J connectivity index is 2.24. The highest BCUT2D eigenvalue weighted by Gasteiger charge is 2.52. The third kappa shape index (κ3) is 0.959. The fraction of sp³-hybridized carbons (Fsp3) is 1.00. The highest BCUT2D eigenvalue weighted by Crippen LogP contribution is 2.44. The van der Waals surface area contributed by atoms with Crippen molar-refractivity contribution in [2.75, 3.05) is 13.2 Å². The van der Waals surface area contributed by atoms with Crippen LogP contribution >= 0.6 is 0 Å². The second-order valence-corrected chi connectivity index (χ2v) is 3.97. The van der Waals surface area contributed by atoms with Gasteiger partial charge in [0.05, 0.1) is 18.8 Å². The van der Waals surface area contributed by atoms with Gasteiger partial charge in [0.1, 0.15) is 7.85 Å². The molecule has 0 aromatic rings. The summed E-state index contributed by atoms with van der Waals surface area (Å²) in [7, 11) is 5.87. The lowest BCUT2D eigenvalue weighted by molar-refractivity contribution is -0.0981. The van der Waals surface area contributed by atoms with Crippen LogP contribution in [0, 0.1) is 11.8 Å². The van der Waals surface area contributed by atoms with Crippen LogP contribution in [-0.4, -0.2) is 32.7 Å². The molecule has 0 N–H and O–H groups in total. The summed E-state index contributed by atoms with van der Waals surface area (Å²) in [6, 6.07) is -0.109. The summed E-state index contributed by atoms with van der Waals surface area (Å²) in [4.78, 5) is 0. The van der Waals surface area contributed by atoms with E-state index >= 15 is 0 Å². The Bertz CT molecular complexity index is 185. The van der Waals surface area contributed by atoms with Crippen molar-refractivity contribution in [3.05, 3.63) is 0 Å². The van der Waals surface area contributed by atoms with Gasteiger partial charge in [-0.2, -0.15) is 0 Å². The van der Waals surface area contributed by atoms with E-state index in [1.54, 1.807) is 0 Å². The summed E-state index contributed by atoms with van der Waals surface area (Å²) in [6.07, 6.45) is 0.998. The molecule has 2 nitrogen and oxygen atoms in total. The van der Waals surface area contributed by atoms with Crippen molar-refractivity contribution in [2.45, 2.75) is 31.9 Å². The van der Waals surface area contributed by atoms with Crippen molar-refractivity contribution >= 4 is 7.85 Å². The van der Waals surface area contributed by atoms with E-state index in [4.69, 9.17) is 17.3 Å². The van der Waals surface area contributed by atoms with Gasteiger partial charge in [-0.15, -0.1) is 0 Å². The van der Waals surface area contributed by atoms with Gasteiger partial charge in [-0.1, -0.05) is 13.8 Å². The molecule has 2 rings (SSSR count). The average Bonchev–Trinajstić information content (AvgIpc) is 2.23. The predicted molar refractivity (Wildman–Crippen MR) is 47.1 cm³/mol. The van der Waals surface area contributed by atoms with Crippen LogP contribution in [0.4, 0.5) is 0 Å². The Morgan fingerprint density at radius 1 is 1.58 bits per heavy atom. The Labute approximate surface area is 75.0 Å². The first-order valence-electron chi connectivity index (χ1n) is 4.71. The topological polar surface area (TPSA) is 18.5 Å². The zero-order chi connectivity index (χ0) is 8.77. The van der Waals surface area contributed by atoms with Crippen LogP contribution in [0.2, 0.25) is 0 Å². The Morgan fingerprint density at radius 3 is 2.92 bits per heavy atom. The van der Waals surface area contributed by atoms with Gasteiger partial charge in [-0.05, 0) is 12.3 Å². The summed E-state index contributed by atoms with van der Waals surface area (Å²) >= 11 is 0. The highest BCUT2D eigenvalue weighted by molar-refractivity contribution is 6.11. The predicted octanol–water partition coefficient (Wildman–Crippen LogP) is 0.942. The first kappa shape index (κ1) is 8.58. The second-order valence-electron chi connectivity index (χ2n) is 3.97. The zero-order valence-electron chi connectivity index (χ0n) is 7.75. The quantitative estimate of drug-likeness (QED) is 0.539. The fourth-order valence-corrected chi connectivity index (χ4v) is 2.42. The number of rotatable bonds is 1. The van der Waals surface area contributed by atoms with E-state index in [0.29, 0.717) is 11.8 Å². The molecule has 66 valence electrons. The van der Waals surface area contributed by atoms with Crippen molar-refractivity contribution in [3.8, 4) is 0 Å². The summed E-state index contributed by atoms with van der Waals surface area (Å²) < 4.78 is 11.3. The fourth-order valence-electron chi connectivity index (χ4n) is 2.42. The second kappa shape index (κ2) is 2.74. The molecule has 2 radical (unpaired) electrons. The largest absolute Gasteiger partial charge is 0.378 e. The van der Waals surface area contributed by atoms with Gasteiger partial charge in [0.25, 0.3) is 0 Å². The maximum atomic E-state index is 5.87. The first-order chi connectivity index (χ1) is 5.69. The molecule has 2 fully saturated rings. The van der Waals surface area contributed by atoms with E-state index in [9.17, 15) is 0 Å². The summed E-state index contributed by atoms with van der Waals surface area (Å²) in [5.74, 6) is 0.949. The molecular weight excluding hydrogens is 151 g/mol. The SMILES string of the molecule is [B][C@@H]1O[C@]2(CC)COC[C@@H]1C2C. The minimum Gasteiger partial charge on any atom is -0.378 e. The Morgan fingerprint density at radius 2 is 2.33 bits per heavy atom. The molecule has 2 bridgehead atoms. The third-order valence-corrected chi connectivity index (χ3v) is 3.52. The molecule has 2 heterocycles. The maximum Gasteiger partial charge on any atom is 0.109 e. The molecule has 0 aromatic carbocycles. The van der Waals surface area contributed by atoms with Crippen LogP contribution < -0.4 is 0 Å². The van der Waals surface area contributed by atoms with Gasteiger partial charge >= 0.3 is 0 Å². The van der Waals surface area contributed by atoms with Crippen molar-refractivity contribution in [3.63, 3.8) is 0 Å². The molecule has 2 aliphatic rings. The molecule has 2 saturated heterocycles. The molecule has 2 aliphatic heterocycles. The highest BCUT2D eigenvalue weighted by atomic mass is 16.6. The monoisotopic (exact) mass is 166 g/mol. The van der Waals surface area contributed by atoms with Gasteiger partial charge in [-0.3, -0.25) is 0 Å². The smallest absolute Gasteiger partial charge is 0.109 e. The number of fused-ring (bicyclic) bond motifs is 2. The molecule has 0 spiro atoms. The molecule has 0 saturated carbocycles. The van der Waals surface area contributed by atoms with E-state index in [-0.39, 0.29) is 11.6 Å². The molecule has 3 heteroatoms. The first-order valence-corrected chi connectivity index (χ1v) is 4.71. The van der Waals surface area contributed by atoms with Crippen molar-refractivity contribution in [1.82, 2.24) is 0 Å². The zero-order valence-corrected chi connectivity index (χ0v) is 7.75. The van der Waals surface area contributed by atoms with Crippen molar-refractivity contribution in [2.24, 2.45) is 11.8 Å². The number of hydrogen-bond acceptors (Lipinski definition) is 2. The van der Waals surface area contributed by atoms with Crippen LogP contribution in [-0.2, 0) is 9.47 Å². The van der Waals surface area contributed by atoms with Gasteiger partial charge in [-0.25, -0.2) is 0 Å². The third-order valence-electron chi connectivity index (χ3n) is 3.52. The van der Waals surface area contributed by atoms with Gasteiger partial charge in [0, 0.05) is 11.9 Å². The van der Waals surface area contributed by atoms with Gasteiger partial charge in [0.15, 0.2) is 0 Å². The lowest BCUT2D eigenvalue weighted by Gasteiger charge is -2.36. The van der Waals surface area contributed by atoms with Crippen LogP contribution in [0.25, 0.3) is 0 Å². The summed E-state index contributed by atoms with van der Waals surface area (Å²) in [5.41, 5.74) is -0.0810. The molecule has 4 atom stereocenters. The molecule has 12 heavy (non-hydrogen) atoms. The minimum atomic E-state index is -0.109. The lowest BCUT2D eigenvalue weighted by Crippen LogP contribution is -2.44. The van der Waals surface area contributed by atoms with E-state index in [0.717, 1.165) is 19.6 Å². The lowest BCUT2D eigenvalue weighted by atomic mass is 9.74. The molecule has 0 amide bonds. The Kier molecular flexibility index (Phi) is 1.96. The van der Waals surface area contributed by atoms with E-state index in [2.05, 4.69) is 13.8 Å². The Hall–Kier alpha value is -0.0151. The van der Waals surface area contributed by atoms with Gasteiger partial charge < -0.3 is 9.47 Å². The molecular formula is C9H15BO2. The van der Waals surface area contributed by atoms with Crippen LogP contribution in [0.5, 0.6) is 0 Å². The van der Waals surface area contributed by atoms with Crippen molar-refractivity contribution in [1.29, 1.82) is 0 Å². The number of ether oxygens (including phenoxy) is 2.